The summed E-state index contributed by atoms with van der Waals surface area (Å²) < 4.78 is 33.5. The van der Waals surface area contributed by atoms with Crippen molar-refractivity contribution < 1.29 is 17.9 Å². The Balaban J connectivity index is 2.20. The molecule has 2 atom stereocenters. The van der Waals surface area contributed by atoms with Gasteiger partial charge in [0.05, 0.1) is 7.11 Å². The topological polar surface area (TPSA) is 75.7 Å². The molecule has 2 rings (SSSR count). The van der Waals surface area contributed by atoms with Crippen molar-refractivity contribution in [3.63, 3.8) is 0 Å². The van der Waals surface area contributed by atoms with E-state index in [1.807, 2.05) is 6.92 Å². The van der Waals surface area contributed by atoms with Crippen LogP contribution in [0.1, 0.15) is 31.4 Å². The Kier molecular flexibility index (Phi) is 5.20. The monoisotopic (exact) mass is 326 g/mol. The summed E-state index contributed by atoms with van der Waals surface area (Å²) in [4.78, 5) is 12.0. The summed E-state index contributed by atoms with van der Waals surface area (Å²) in [5, 5.41) is 0. The van der Waals surface area contributed by atoms with Gasteiger partial charge >= 0.3 is 5.97 Å². The molecule has 0 aromatic heterocycles. The van der Waals surface area contributed by atoms with Crippen molar-refractivity contribution in [3.8, 4) is 0 Å². The van der Waals surface area contributed by atoms with Crippen LogP contribution < -0.4 is 4.72 Å². The molecule has 1 aliphatic rings. The minimum atomic E-state index is -3.78. The number of hydrogen-bond donors (Lipinski definition) is 1. The van der Waals surface area contributed by atoms with Crippen LogP contribution >= 0.6 is 0 Å². The van der Waals surface area contributed by atoms with E-state index in [1.54, 1.807) is 30.3 Å². The van der Waals surface area contributed by atoms with Crippen LogP contribution in [0.3, 0.4) is 0 Å². The lowest BCUT2D eigenvalue weighted by Gasteiger charge is -2.26. The SMILES string of the molecule is COC(=O)C(NS(=O)(=O)N(C)C(C)C1CC1)c1ccccc1. The highest BCUT2D eigenvalue weighted by molar-refractivity contribution is 7.87. The van der Waals surface area contributed by atoms with Crippen molar-refractivity contribution >= 4 is 16.2 Å². The molecular formula is C15H22N2O4S. The molecular weight excluding hydrogens is 304 g/mol. The average Bonchev–Trinajstić information content (AvgIpc) is 3.36. The van der Waals surface area contributed by atoms with Crippen LogP contribution in [0, 0.1) is 5.92 Å². The average molecular weight is 326 g/mol. The number of benzene rings is 1. The van der Waals surface area contributed by atoms with Crippen molar-refractivity contribution in [2.75, 3.05) is 14.2 Å². The van der Waals surface area contributed by atoms with Gasteiger partial charge in [-0.25, -0.2) is 4.79 Å². The highest BCUT2D eigenvalue weighted by Crippen LogP contribution is 2.35. The second kappa shape index (κ2) is 6.76. The molecule has 1 saturated carbocycles. The van der Waals surface area contributed by atoms with Gasteiger partial charge in [0.2, 0.25) is 0 Å². The summed E-state index contributed by atoms with van der Waals surface area (Å²) in [7, 11) is -1.01. The van der Waals surface area contributed by atoms with Crippen LogP contribution in [-0.2, 0) is 19.7 Å². The number of methoxy groups -OCH3 is 1. The lowest BCUT2D eigenvalue weighted by Crippen LogP contribution is -2.46. The molecule has 7 heteroatoms. The third-order valence-corrected chi connectivity index (χ3v) is 5.72. The first kappa shape index (κ1) is 16.9. The molecule has 6 nitrogen and oxygen atoms in total. The minimum absolute atomic E-state index is 0.0911. The number of carbonyl (C=O) groups is 1. The van der Waals surface area contributed by atoms with Gasteiger partial charge in [0.15, 0.2) is 0 Å². The van der Waals surface area contributed by atoms with E-state index in [9.17, 15) is 13.2 Å². The third-order valence-electron chi connectivity index (χ3n) is 4.09. The van der Waals surface area contributed by atoms with Gasteiger partial charge in [-0.15, -0.1) is 0 Å². The fraction of sp³-hybridized carbons (Fsp3) is 0.533. The Morgan fingerprint density at radius 3 is 2.41 bits per heavy atom. The van der Waals surface area contributed by atoms with Crippen molar-refractivity contribution in [2.45, 2.75) is 31.8 Å². The van der Waals surface area contributed by atoms with Crippen LogP contribution in [0.2, 0.25) is 0 Å². The van der Waals surface area contributed by atoms with Gasteiger partial charge in [0, 0.05) is 13.1 Å². The summed E-state index contributed by atoms with van der Waals surface area (Å²) in [5.74, 6) is -0.239. The smallest absolute Gasteiger partial charge is 0.328 e. The number of ether oxygens (including phenoxy) is 1. The molecule has 1 fully saturated rings. The Bertz CT molecular complexity index is 614. The molecule has 0 spiro atoms. The van der Waals surface area contributed by atoms with Gasteiger partial charge in [-0.3, -0.25) is 0 Å². The molecule has 0 saturated heterocycles. The van der Waals surface area contributed by atoms with E-state index in [-0.39, 0.29) is 6.04 Å². The van der Waals surface area contributed by atoms with E-state index in [4.69, 9.17) is 4.74 Å². The fourth-order valence-corrected chi connectivity index (χ4v) is 3.65. The highest BCUT2D eigenvalue weighted by Gasteiger charge is 2.37. The summed E-state index contributed by atoms with van der Waals surface area (Å²) in [6, 6.07) is 7.53. The molecule has 2 unspecified atom stereocenters. The predicted molar refractivity (Wildman–Crippen MR) is 83.2 cm³/mol. The summed E-state index contributed by atoms with van der Waals surface area (Å²) in [5.41, 5.74) is 0.547. The molecule has 0 radical (unpaired) electrons. The zero-order chi connectivity index (χ0) is 16.3. The zero-order valence-electron chi connectivity index (χ0n) is 13.0. The van der Waals surface area contributed by atoms with Gasteiger partial charge in [-0.05, 0) is 31.2 Å². The van der Waals surface area contributed by atoms with Crippen LogP contribution in [0.4, 0.5) is 0 Å². The minimum Gasteiger partial charge on any atom is -0.468 e. The Labute approximate surface area is 131 Å². The van der Waals surface area contributed by atoms with Crippen LogP contribution in [-0.4, -0.2) is 38.9 Å². The van der Waals surface area contributed by atoms with Crippen molar-refractivity contribution in [3.05, 3.63) is 35.9 Å². The third kappa shape index (κ3) is 3.85. The van der Waals surface area contributed by atoms with Crippen LogP contribution in [0.5, 0.6) is 0 Å². The molecule has 1 aromatic rings. The van der Waals surface area contributed by atoms with Gasteiger partial charge < -0.3 is 4.74 Å². The first-order valence-electron chi connectivity index (χ1n) is 7.25. The number of carbonyl (C=O) groups excluding carboxylic acids is 1. The number of nitrogens with one attached hydrogen (secondary N) is 1. The maximum Gasteiger partial charge on any atom is 0.328 e. The quantitative estimate of drug-likeness (QED) is 0.770. The van der Waals surface area contributed by atoms with Crippen molar-refractivity contribution in [2.24, 2.45) is 5.92 Å². The predicted octanol–water partition coefficient (Wildman–Crippen LogP) is 1.47. The molecule has 0 heterocycles. The standard InChI is InChI=1S/C15H22N2O4S/c1-11(12-9-10-12)17(2)22(19,20)16-14(15(18)21-3)13-7-5-4-6-8-13/h4-8,11-12,14,16H,9-10H2,1-3H3. The molecule has 1 aromatic carbocycles. The Morgan fingerprint density at radius 2 is 1.91 bits per heavy atom. The molecule has 1 N–H and O–H groups in total. The lowest BCUT2D eigenvalue weighted by atomic mass is 10.1. The van der Waals surface area contributed by atoms with Crippen LogP contribution in [0.15, 0.2) is 30.3 Å². The van der Waals surface area contributed by atoms with Gasteiger partial charge in [-0.2, -0.15) is 17.4 Å². The Hall–Kier alpha value is -1.44. The molecule has 22 heavy (non-hydrogen) atoms. The van der Waals surface area contributed by atoms with E-state index < -0.39 is 22.2 Å². The van der Waals surface area contributed by atoms with Gasteiger partial charge in [-0.1, -0.05) is 30.3 Å². The second-order valence-electron chi connectivity index (χ2n) is 5.58. The largest absolute Gasteiger partial charge is 0.468 e. The van der Waals surface area contributed by atoms with Crippen molar-refractivity contribution in [1.29, 1.82) is 0 Å². The highest BCUT2D eigenvalue weighted by atomic mass is 32.2. The first-order valence-corrected chi connectivity index (χ1v) is 8.69. The van der Waals surface area contributed by atoms with Crippen LogP contribution in [0.25, 0.3) is 0 Å². The Morgan fingerprint density at radius 1 is 1.32 bits per heavy atom. The fourth-order valence-electron chi connectivity index (χ4n) is 2.34. The first-order chi connectivity index (χ1) is 10.4. The normalized spacial score (nSPS) is 18.0. The van der Waals surface area contributed by atoms with E-state index in [1.165, 1.54) is 18.5 Å². The molecule has 1 aliphatic carbocycles. The maximum atomic E-state index is 12.5. The molecule has 0 bridgehead atoms. The van der Waals surface area contributed by atoms with E-state index >= 15 is 0 Å². The second-order valence-corrected chi connectivity index (χ2v) is 7.35. The number of rotatable bonds is 7. The lowest BCUT2D eigenvalue weighted by molar-refractivity contribution is -0.142. The molecule has 122 valence electrons. The molecule has 0 aliphatic heterocycles. The van der Waals surface area contributed by atoms with E-state index in [2.05, 4.69) is 4.72 Å². The number of nitrogens with zero attached hydrogens (tertiary/aromatic N) is 1. The number of hydrogen-bond acceptors (Lipinski definition) is 4. The van der Waals surface area contributed by atoms with Gasteiger partial charge in [0.25, 0.3) is 10.2 Å². The van der Waals surface area contributed by atoms with Crippen molar-refractivity contribution in [1.82, 2.24) is 9.03 Å². The zero-order valence-corrected chi connectivity index (χ0v) is 13.8. The summed E-state index contributed by atoms with van der Waals surface area (Å²) in [6.07, 6.45) is 2.08. The van der Waals surface area contributed by atoms with Gasteiger partial charge in [0.1, 0.15) is 6.04 Å². The number of esters is 1. The summed E-state index contributed by atoms with van der Waals surface area (Å²) >= 11 is 0. The summed E-state index contributed by atoms with van der Waals surface area (Å²) in [6.45, 7) is 1.88. The van der Waals surface area contributed by atoms with E-state index in [0.29, 0.717) is 11.5 Å². The van der Waals surface area contributed by atoms with E-state index in [0.717, 1.165) is 12.8 Å². The maximum absolute atomic E-state index is 12.5. The molecule has 0 amide bonds.